The van der Waals surface area contributed by atoms with Crippen LogP contribution in [0.15, 0.2) is 60.1 Å². The van der Waals surface area contributed by atoms with Gasteiger partial charge >= 0.3 is 0 Å². The third kappa shape index (κ3) is 5.67. The van der Waals surface area contributed by atoms with Crippen LogP contribution in [0.5, 0.6) is 0 Å². The number of aromatic nitrogens is 1. The van der Waals surface area contributed by atoms with Crippen LogP contribution in [0.3, 0.4) is 0 Å². The molecule has 0 fully saturated rings. The van der Waals surface area contributed by atoms with E-state index in [0.29, 0.717) is 24.5 Å². The van der Waals surface area contributed by atoms with Crippen molar-refractivity contribution in [1.82, 2.24) is 15.2 Å². The number of benzene rings is 1. The number of nitrogens with zero attached hydrogens (tertiary/aromatic N) is 2. The summed E-state index contributed by atoms with van der Waals surface area (Å²) in [5.41, 5.74) is 1.09. The molecule has 3 aromatic rings. The quantitative estimate of drug-likeness (QED) is 0.639. The molecule has 0 radical (unpaired) electrons. The van der Waals surface area contributed by atoms with Crippen molar-refractivity contribution in [2.75, 3.05) is 13.1 Å². The lowest BCUT2D eigenvalue weighted by molar-refractivity contribution is 0.0951. The molecule has 4 nitrogen and oxygen atoms in total. The van der Waals surface area contributed by atoms with Crippen LogP contribution in [0.4, 0.5) is 8.78 Å². The lowest BCUT2D eigenvalue weighted by Crippen LogP contribution is -2.34. The SMILES string of the molecule is O=C(NCCN(Cc1ccccn1)Cc1cc(F)ccc1F)c1cccs1. The summed E-state index contributed by atoms with van der Waals surface area (Å²) >= 11 is 1.37. The Morgan fingerprint density at radius 1 is 1.11 bits per heavy atom. The molecule has 140 valence electrons. The third-order valence-electron chi connectivity index (χ3n) is 3.97. The number of carbonyl (C=O) groups excluding carboxylic acids is 1. The number of carbonyl (C=O) groups is 1. The molecule has 3 rings (SSSR count). The average molecular weight is 387 g/mol. The Morgan fingerprint density at radius 3 is 2.74 bits per heavy atom. The fourth-order valence-electron chi connectivity index (χ4n) is 2.66. The van der Waals surface area contributed by atoms with Crippen LogP contribution >= 0.6 is 11.3 Å². The summed E-state index contributed by atoms with van der Waals surface area (Å²) in [5.74, 6) is -1.07. The minimum absolute atomic E-state index is 0.139. The van der Waals surface area contributed by atoms with Crippen LogP contribution in [0.2, 0.25) is 0 Å². The second-order valence-corrected chi connectivity index (χ2v) is 6.95. The van der Waals surface area contributed by atoms with E-state index in [1.165, 1.54) is 17.4 Å². The molecule has 0 spiro atoms. The van der Waals surface area contributed by atoms with Crippen LogP contribution < -0.4 is 5.32 Å². The molecule has 0 saturated carbocycles. The van der Waals surface area contributed by atoms with Crippen molar-refractivity contribution in [3.63, 3.8) is 0 Å². The summed E-state index contributed by atoms with van der Waals surface area (Å²) in [4.78, 5) is 18.9. The molecule has 0 aliphatic carbocycles. The predicted molar refractivity (Wildman–Crippen MR) is 101 cm³/mol. The lowest BCUT2D eigenvalue weighted by atomic mass is 10.2. The van der Waals surface area contributed by atoms with Gasteiger partial charge in [-0.1, -0.05) is 12.1 Å². The van der Waals surface area contributed by atoms with Crippen molar-refractivity contribution in [3.8, 4) is 0 Å². The Morgan fingerprint density at radius 2 is 2.00 bits per heavy atom. The highest BCUT2D eigenvalue weighted by atomic mass is 32.1. The first-order valence-corrected chi connectivity index (χ1v) is 9.37. The van der Waals surface area contributed by atoms with Gasteiger partial charge < -0.3 is 5.32 Å². The minimum atomic E-state index is -0.477. The number of pyridine rings is 1. The molecule has 1 amide bonds. The second-order valence-electron chi connectivity index (χ2n) is 6.00. The molecule has 1 N–H and O–H groups in total. The highest BCUT2D eigenvalue weighted by Crippen LogP contribution is 2.14. The van der Waals surface area contributed by atoms with Gasteiger partial charge in [0.1, 0.15) is 11.6 Å². The lowest BCUT2D eigenvalue weighted by Gasteiger charge is -2.22. The molecule has 0 unspecified atom stereocenters. The highest BCUT2D eigenvalue weighted by molar-refractivity contribution is 7.12. The molecule has 2 aromatic heterocycles. The normalized spacial score (nSPS) is 10.9. The Hall–Kier alpha value is -2.64. The van der Waals surface area contributed by atoms with E-state index in [-0.39, 0.29) is 18.0 Å². The molecule has 0 aliphatic heterocycles. The van der Waals surface area contributed by atoms with Crippen molar-refractivity contribution in [2.45, 2.75) is 13.1 Å². The van der Waals surface area contributed by atoms with Gasteiger partial charge in [-0.25, -0.2) is 8.78 Å². The fraction of sp³-hybridized carbons (Fsp3) is 0.200. The standard InChI is InChI=1S/C20H19F2N3OS/c21-16-6-7-18(22)15(12-16)13-25(14-17-4-1-2-8-23-17)10-9-24-20(26)19-5-3-11-27-19/h1-8,11-12H,9-10,13-14H2,(H,24,26). The van der Waals surface area contributed by atoms with Crippen LogP contribution in [-0.4, -0.2) is 28.9 Å². The van der Waals surface area contributed by atoms with Gasteiger partial charge in [0.2, 0.25) is 0 Å². The maximum absolute atomic E-state index is 14.0. The minimum Gasteiger partial charge on any atom is -0.350 e. The van der Waals surface area contributed by atoms with Crippen LogP contribution in [0.1, 0.15) is 20.9 Å². The number of halogens is 2. The molecular weight excluding hydrogens is 368 g/mol. The van der Waals surface area contributed by atoms with Gasteiger partial charge in [0.25, 0.3) is 5.91 Å². The van der Waals surface area contributed by atoms with Crippen molar-refractivity contribution >= 4 is 17.2 Å². The topological polar surface area (TPSA) is 45.2 Å². The van der Waals surface area contributed by atoms with E-state index in [9.17, 15) is 13.6 Å². The zero-order valence-electron chi connectivity index (χ0n) is 14.6. The van der Waals surface area contributed by atoms with Crippen LogP contribution in [-0.2, 0) is 13.1 Å². The summed E-state index contributed by atoms with van der Waals surface area (Å²) in [7, 11) is 0. The molecular formula is C20H19F2N3OS. The maximum Gasteiger partial charge on any atom is 0.261 e. The number of rotatable bonds is 8. The Bertz CT molecular complexity index is 872. The highest BCUT2D eigenvalue weighted by Gasteiger charge is 2.13. The number of nitrogens with one attached hydrogen (secondary N) is 1. The van der Waals surface area contributed by atoms with E-state index < -0.39 is 11.6 Å². The van der Waals surface area contributed by atoms with Gasteiger partial charge in [-0.15, -0.1) is 11.3 Å². The van der Waals surface area contributed by atoms with Crippen molar-refractivity contribution in [1.29, 1.82) is 0 Å². The molecule has 27 heavy (non-hydrogen) atoms. The van der Waals surface area contributed by atoms with E-state index >= 15 is 0 Å². The van der Waals surface area contributed by atoms with E-state index in [1.54, 1.807) is 12.3 Å². The zero-order chi connectivity index (χ0) is 19.1. The number of hydrogen-bond acceptors (Lipinski definition) is 4. The number of hydrogen-bond donors (Lipinski definition) is 1. The first kappa shape index (κ1) is 19.1. The Kier molecular flexibility index (Phi) is 6.62. The molecule has 0 saturated heterocycles. The fourth-order valence-corrected chi connectivity index (χ4v) is 3.30. The smallest absolute Gasteiger partial charge is 0.261 e. The first-order chi connectivity index (χ1) is 13.1. The zero-order valence-corrected chi connectivity index (χ0v) is 15.4. The molecule has 1 aromatic carbocycles. The molecule has 2 heterocycles. The summed E-state index contributed by atoms with van der Waals surface area (Å²) in [6, 6.07) is 12.6. The van der Waals surface area contributed by atoms with E-state index in [0.717, 1.165) is 17.8 Å². The summed E-state index contributed by atoms with van der Waals surface area (Å²) in [6.07, 6.45) is 1.69. The van der Waals surface area contributed by atoms with Crippen molar-refractivity contribution in [2.24, 2.45) is 0 Å². The number of thiophene rings is 1. The Labute approximate surface area is 160 Å². The van der Waals surface area contributed by atoms with Gasteiger partial charge in [-0.2, -0.15) is 0 Å². The van der Waals surface area contributed by atoms with Gasteiger partial charge in [0.05, 0.1) is 10.6 Å². The summed E-state index contributed by atoms with van der Waals surface area (Å²) in [5, 5.41) is 4.70. The van der Waals surface area contributed by atoms with Crippen LogP contribution in [0, 0.1) is 11.6 Å². The molecule has 0 aliphatic rings. The average Bonchev–Trinajstić information content (AvgIpc) is 3.20. The molecule has 0 atom stereocenters. The second kappa shape index (κ2) is 9.34. The maximum atomic E-state index is 14.0. The van der Waals surface area contributed by atoms with Gasteiger partial charge in [-0.05, 0) is 41.8 Å². The largest absolute Gasteiger partial charge is 0.350 e. The van der Waals surface area contributed by atoms with E-state index in [4.69, 9.17) is 0 Å². The van der Waals surface area contributed by atoms with Crippen molar-refractivity contribution in [3.05, 3.63) is 87.9 Å². The number of amides is 1. The summed E-state index contributed by atoms with van der Waals surface area (Å²) < 4.78 is 27.5. The monoisotopic (exact) mass is 387 g/mol. The first-order valence-electron chi connectivity index (χ1n) is 8.50. The predicted octanol–water partition coefficient (Wildman–Crippen LogP) is 3.85. The van der Waals surface area contributed by atoms with Gasteiger partial charge in [-0.3, -0.25) is 14.7 Å². The summed E-state index contributed by atoms with van der Waals surface area (Å²) in [6.45, 7) is 1.55. The molecule has 0 bridgehead atoms. The van der Waals surface area contributed by atoms with Crippen molar-refractivity contribution < 1.29 is 13.6 Å². The van der Waals surface area contributed by atoms with E-state index in [1.807, 2.05) is 34.5 Å². The Balaban J connectivity index is 1.65. The van der Waals surface area contributed by atoms with Crippen LogP contribution in [0.25, 0.3) is 0 Å². The van der Waals surface area contributed by atoms with Gasteiger partial charge in [0, 0.05) is 37.9 Å². The van der Waals surface area contributed by atoms with E-state index in [2.05, 4.69) is 10.3 Å². The third-order valence-corrected chi connectivity index (χ3v) is 4.84. The molecule has 7 heteroatoms. The van der Waals surface area contributed by atoms with Gasteiger partial charge in [0.15, 0.2) is 0 Å².